The van der Waals surface area contributed by atoms with Crippen molar-refractivity contribution < 1.29 is 9.66 Å². The van der Waals surface area contributed by atoms with E-state index in [1.807, 2.05) is 6.07 Å². The van der Waals surface area contributed by atoms with Crippen molar-refractivity contribution in [2.75, 3.05) is 13.2 Å². The Bertz CT molecular complexity index is 515. The number of nitrogens with zero attached hydrogens (tertiary/aromatic N) is 2. The van der Waals surface area contributed by atoms with Gasteiger partial charge < -0.3 is 10.1 Å². The first-order chi connectivity index (χ1) is 9.33. The van der Waals surface area contributed by atoms with E-state index in [1.54, 1.807) is 0 Å². The smallest absolute Gasteiger partial charge is 0.312 e. The van der Waals surface area contributed by atoms with Crippen LogP contribution >= 0.6 is 0 Å². The summed E-state index contributed by atoms with van der Waals surface area (Å²) in [6, 6.07) is 6.07. The van der Waals surface area contributed by atoms with Crippen molar-refractivity contribution >= 4 is 5.69 Å². The maximum absolute atomic E-state index is 10.9. The highest BCUT2D eigenvalue weighted by atomic mass is 16.6. The lowest BCUT2D eigenvalue weighted by molar-refractivity contribution is -0.385. The molecule has 0 bridgehead atoms. The molecule has 0 aromatic heterocycles. The normalized spacial score (nSPS) is 10.9. The average Bonchev–Trinajstić information content (AvgIpc) is 2.37. The van der Waals surface area contributed by atoms with Gasteiger partial charge in [0.15, 0.2) is 5.75 Å². The largest absolute Gasteiger partial charge is 0.487 e. The summed E-state index contributed by atoms with van der Waals surface area (Å²) in [6.07, 6.45) is 0.744. The van der Waals surface area contributed by atoms with E-state index in [2.05, 4.69) is 26.1 Å². The first-order valence-electron chi connectivity index (χ1n) is 6.40. The summed E-state index contributed by atoms with van der Waals surface area (Å²) in [5.41, 5.74) is 0.117. The van der Waals surface area contributed by atoms with Crippen LogP contribution < -0.4 is 10.1 Å². The van der Waals surface area contributed by atoms with Gasteiger partial charge in [-0.05, 0) is 45.9 Å². The van der Waals surface area contributed by atoms with E-state index in [0.717, 1.165) is 13.0 Å². The third-order valence-corrected chi connectivity index (χ3v) is 2.52. The van der Waals surface area contributed by atoms with Crippen molar-refractivity contribution in [1.29, 1.82) is 5.26 Å². The Morgan fingerprint density at radius 2 is 2.15 bits per heavy atom. The number of hydrogen-bond donors (Lipinski definition) is 1. The summed E-state index contributed by atoms with van der Waals surface area (Å²) in [5.74, 6) is 0.199. The van der Waals surface area contributed by atoms with Gasteiger partial charge in [-0.1, -0.05) is 0 Å². The van der Waals surface area contributed by atoms with Crippen LogP contribution in [0.15, 0.2) is 18.2 Å². The van der Waals surface area contributed by atoms with Crippen LogP contribution in [0.25, 0.3) is 0 Å². The van der Waals surface area contributed by atoms with Crippen LogP contribution in [0, 0.1) is 21.4 Å². The lowest BCUT2D eigenvalue weighted by Gasteiger charge is -2.20. The topological polar surface area (TPSA) is 88.2 Å². The van der Waals surface area contributed by atoms with Crippen molar-refractivity contribution in [3.63, 3.8) is 0 Å². The number of rotatable bonds is 6. The van der Waals surface area contributed by atoms with Crippen LogP contribution in [0.5, 0.6) is 5.75 Å². The molecule has 0 aliphatic heterocycles. The van der Waals surface area contributed by atoms with Gasteiger partial charge >= 0.3 is 5.69 Å². The predicted octanol–water partition coefficient (Wildman–Crippen LogP) is 2.62. The second-order valence-corrected chi connectivity index (χ2v) is 5.43. The fourth-order valence-corrected chi connectivity index (χ4v) is 1.57. The molecule has 0 saturated heterocycles. The number of nitro groups is 1. The molecule has 0 aliphatic carbocycles. The number of hydrogen-bond acceptors (Lipinski definition) is 5. The highest BCUT2D eigenvalue weighted by Gasteiger charge is 2.16. The molecule has 1 aromatic carbocycles. The van der Waals surface area contributed by atoms with Crippen molar-refractivity contribution in [2.24, 2.45) is 0 Å². The van der Waals surface area contributed by atoms with Crippen molar-refractivity contribution in [3.8, 4) is 11.8 Å². The van der Waals surface area contributed by atoms with Crippen LogP contribution in [0.3, 0.4) is 0 Å². The van der Waals surface area contributed by atoms with Gasteiger partial charge in [0.25, 0.3) is 0 Å². The second-order valence-electron chi connectivity index (χ2n) is 5.43. The van der Waals surface area contributed by atoms with Gasteiger partial charge in [0.2, 0.25) is 0 Å². The number of ether oxygens (including phenoxy) is 1. The van der Waals surface area contributed by atoms with Gasteiger partial charge in [-0.3, -0.25) is 10.1 Å². The molecule has 0 heterocycles. The molecule has 6 heteroatoms. The average molecular weight is 277 g/mol. The van der Waals surface area contributed by atoms with E-state index < -0.39 is 4.92 Å². The molecule has 6 nitrogen and oxygen atoms in total. The summed E-state index contributed by atoms with van der Waals surface area (Å²) in [5, 5.41) is 23.0. The molecule has 1 aromatic rings. The number of benzene rings is 1. The zero-order valence-electron chi connectivity index (χ0n) is 12.0. The number of nitrogens with one attached hydrogen (secondary N) is 1. The Hall–Kier alpha value is -2.13. The van der Waals surface area contributed by atoms with E-state index in [1.165, 1.54) is 18.2 Å². The quantitative estimate of drug-likeness (QED) is 0.490. The highest BCUT2D eigenvalue weighted by molar-refractivity contribution is 5.51. The van der Waals surface area contributed by atoms with Gasteiger partial charge in [-0.25, -0.2) is 0 Å². The standard InChI is InChI=1S/C14H19N3O3/c1-14(2,3)16-7-4-8-20-13-6-5-11(10-15)9-12(13)17(18)19/h5-6,9,16H,4,7-8H2,1-3H3. The Morgan fingerprint density at radius 1 is 1.45 bits per heavy atom. The van der Waals surface area contributed by atoms with Crippen molar-refractivity contribution in [3.05, 3.63) is 33.9 Å². The van der Waals surface area contributed by atoms with Crippen LogP contribution in [0.2, 0.25) is 0 Å². The predicted molar refractivity (Wildman–Crippen MR) is 75.7 cm³/mol. The summed E-state index contributed by atoms with van der Waals surface area (Å²) >= 11 is 0. The minimum absolute atomic E-state index is 0.0421. The fourth-order valence-electron chi connectivity index (χ4n) is 1.57. The molecule has 0 spiro atoms. The van der Waals surface area contributed by atoms with Crippen molar-refractivity contribution in [1.82, 2.24) is 5.32 Å². The minimum atomic E-state index is -0.538. The number of nitro benzene ring substituents is 1. The van der Waals surface area contributed by atoms with Gasteiger partial charge in [0.1, 0.15) is 0 Å². The van der Waals surface area contributed by atoms with E-state index in [0.29, 0.717) is 6.61 Å². The maximum Gasteiger partial charge on any atom is 0.312 e. The zero-order chi connectivity index (χ0) is 15.2. The Balaban J connectivity index is 2.56. The van der Waals surface area contributed by atoms with E-state index in [-0.39, 0.29) is 22.5 Å². The molecular weight excluding hydrogens is 258 g/mol. The maximum atomic E-state index is 10.9. The molecule has 1 rings (SSSR count). The van der Waals surface area contributed by atoms with Crippen LogP contribution in [-0.4, -0.2) is 23.6 Å². The monoisotopic (exact) mass is 277 g/mol. The summed E-state index contributed by atoms with van der Waals surface area (Å²) in [4.78, 5) is 10.4. The highest BCUT2D eigenvalue weighted by Crippen LogP contribution is 2.27. The van der Waals surface area contributed by atoms with E-state index >= 15 is 0 Å². The molecular formula is C14H19N3O3. The fraction of sp³-hybridized carbons (Fsp3) is 0.500. The molecule has 0 amide bonds. The Labute approximate surface area is 118 Å². The molecule has 0 saturated carbocycles. The summed E-state index contributed by atoms with van der Waals surface area (Å²) in [6.45, 7) is 7.36. The van der Waals surface area contributed by atoms with Gasteiger partial charge in [0, 0.05) is 11.6 Å². The summed E-state index contributed by atoms with van der Waals surface area (Å²) < 4.78 is 5.42. The van der Waals surface area contributed by atoms with Crippen LogP contribution in [0.4, 0.5) is 5.69 Å². The van der Waals surface area contributed by atoms with Crippen LogP contribution in [-0.2, 0) is 0 Å². The molecule has 1 N–H and O–H groups in total. The second kappa shape index (κ2) is 6.87. The van der Waals surface area contributed by atoms with Gasteiger partial charge in [-0.15, -0.1) is 0 Å². The first kappa shape index (κ1) is 15.9. The van der Waals surface area contributed by atoms with Gasteiger partial charge in [-0.2, -0.15) is 5.26 Å². The third kappa shape index (κ3) is 5.24. The lowest BCUT2D eigenvalue weighted by atomic mass is 10.1. The summed E-state index contributed by atoms with van der Waals surface area (Å²) in [7, 11) is 0. The SMILES string of the molecule is CC(C)(C)NCCCOc1ccc(C#N)cc1[N+](=O)[O-]. The van der Waals surface area contributed by atoms with Crippen molar-refractivity contribution in [2.45, 2.75) is 32.7 Å². The molecule has 108 valence electrons. The number of nitriles is 1. The third-order valence-electron chi connectivity index (χ3n) is 2.52. The van der Waals surface area contributed by atoms with Gasteiger partial charge in [0.05, 0.1) is 23.2 Å². The molecule has 0 radical (unpaired) electrons. The Kier molecular flexibility index (Phi) is 5.47. The first-order valence-corrected chi connectivity index (χ1v) is 6.40. The molecule has 0 fully saturated rings. The zero-order valence-corrected chi connectivity index (χ0v) is 12.0. The molecule has 0 aliphatic rings. The Morgan fingerprint density at radius 3 is 2.70 bits per heavy atom. The van der Waals surface area contributed by atoms with E-state index in [9.17, 15) is 10.1 Å². The molecule has 0 unspecified atom stereocenters. The lowest BCUT2D eigenvalue weighted by Crippen LogP contribution is -2.36. The molecule has 0 atom stereocenters. The molecule has 20 heavy (non-hydrogen) atoms. The van der Waals surface area contributed by atoms with Crippen LogP contribution in [0.1, 0.15) is 32.8 Å². The minimum Gasteiger partial charge on any atom is -0.487 e. The van der Waals surface area contributed by atoms with E-state index in [4.69, 9.17) is 10.00 Å².